The molecular formula is C25H33FN6OS. The third-order valence-electron chi connectivity index (χ3n) is 6.50. The Hall–Kier alpha value is -2.62. The Balaban J connectivity index is 0.000000166. The number of aldehydes is 1. The highest BCUT2D eigenvalue weighted by Crippen LogP contribution is 2.31. The molecule has 2 aromatic heterocycles. The molecule has 1 saturated heterocycles. The number of aromatic nitrogens is 3. The van der Waals surface area contributed by atoms with Crippen LogP contribution in [0.4, 0.5) is 10.1 Å². The Morgan fingerprint density at radius 1 is 1.21 bits per heavy atom. The minimum Gasteiger partial charge on any atom is -0.371 e. The number of anilines is 1. The molecule has 3 aromatic rings. The number of fused-ring (bicyclic) bond motifs is 1. The van der Waals surface area contributed by atoms with Crippen molar-refractivity contribution in [2.75, 3.05) is 31.6 Å². The second-order valence-corrected chi connectivity index (χ2v) is 9.83. The molecule has 2 aliphatic rings. The summed E-state index contributed by atoms with van der Waals surface area (Å²) < 4.78 is 20.1. The van der Waals surface area contributed by atoms with E-state index in [4.69, 9.17) is 0 Å². The summed E-state index contributed by atoms with van der Waals surface area (Å²) in [5.74, 6) is -0.103. The molecule has 2 aliphatic heterocycles. The van der Waals surface area contributed by atoms with Crippen molar-refractivity contribution >= 4 is 23.9 Å². The molecule has 0 aliphatic carbocycles. The lowest BCUT2D eigenvalue weighted by Gasteiger charge is -2.26. The number of nitrogens with one attached hydrogen (secondary N) is 1. The highest BCUT2D eigenvalue weighted by molar-refractivity contribution is 7.97. The van der Waals surface area contributed by atoms with Gasteiger partial charge in [0, 0.05) is 67.8 Å². The molecule has 0 amide bonds. The van der Waals surface area contributed by atoms with Crippen molar-refractivity contribution in [1.82, 2.24) is 23.7 Å². The van der Waals surface area contributed by atoms with Gasteiger partial charge in [-0.3, -0.25) is 4.79 Å². The van der Waals surface area contributed by atoms with E-state index in [-0.39, 0.29) is 5.82 Å². The summed E-state index contributed by atoms with van der Waals surface area (Å²) in [6.45, 7) is 7.59. The first kappa shape index (κ1) is 24.5. The Labute approximate surface area is 205 Å². The van der Waals surface area contributed by atoms with Gasteiger partial charge in [-0.15, -0.1) is 0 Å². The van der Waals surface area contributed by atoms with Gasteiger partial charge in [0.1, 0.15) is 5.82 Å². The van der Waals surface area contributed by atoms with Gasteiger partial charge in [0.25, 0.3) is 0 Å². The average molecular weight is 485 g/mol. The molecular weight excluding hydrogens is 451 g/mol. The van der Waals surface area contributed by atoms with Crippen molar-refractivity contribution in [3.63, 3.8) is 0 Å². The number of carbonyl (C=O) groups is 1. The van der Waals surface area contributed by atoms with Crippen LogP contribution in [0.1, 0.15) is 40.3 Å². The number of hydrogen-bond donors (Lipinski definition) is 1. The zero-order valence-electron chi connectivity index (χ0n) is 20.1. The van der Waals surface area contributed by atoms with E-state index in [0.717, 1.165) is 66.5 Å². The van der Waals surface area contributed by atoms with Crippen molar-refractivity contribution in [2.24, 2.45) is 7.05 Å². The second kappa shape index (κ2) is 11.2. The van der Waals surface area contributed by atoms with Gasteiger partial charge >= 0.3 is 0 Å². The maximum atomic E-state index is 13.6. The molecule has 5 rings (SSSR count). The predicted molar refractivity (Wildman–Crippen MR) is 135 cm³/mol. The zero-order valence-corrected chi connectivity index (χ0v) is 20.9. The molecule has 0 radical (unpaired) electrons. The third kappa shape index (κ3) is 5.37. The van der Waals surface area contributed by atoms with Crippen LogP contribution in [0.25, 0.3) is 0 Å². The molecule has 0 saturated carbocycles. The maximum absolute atomic E-state index is 13.6. The Morgan fingerprint density at radius 3 is 2.71 bits per heavy atom. The second-order valence-electron chi connectivity index (χ2n) is 8.69. The molecule has 0 bridgehead atoms. The van der Waals surface area contributed by atoms with Gasteiger partial charge in [-0.05, 0) is 57.0 Å². The molecule has 9 heteroatoms. The van der Waals surface area contributed by atoms with Gasteiger partial charge in [-0.1, -0.05) is 6.07 Å². The van der Waals surface area contributed by atoms with Crippen LogP contribution in [-0.2, 0) is 26.7 Å². The van der Waals surface area contributed by atoms with Crippen molar-refractivity contribution in [3.05, 3.63) is 65.3 Å². The molecule has 0 spiro atoms. The average Bonchev–Trinajstić information content (AvgIpc) is 3.59. The SMILES string of the molecule is CNCc1c(F)cccc1N1CCCC1.Cc1c(SN2CCn3cncc3C2)cc(C=O)n1C. The van der Waals surface area contributed by atoms with Crippen LogP contribution in [0.15, 0.2) is 41.7 Å². The normalized spacial score (nSPS) is 15.7. The zero-order chi connectivity index (χ0) is 24.1. The molecule has 1 aromatic carbocycles. The Kier molecular flexibility index (Phi) is 8.07. The van der Waals surface area contributed by atoms with Crippen LogP contribution < -0.4 is 10.2 Å². The van der Waals surface area contributed by atoms with Crippen molar-refractivity contribution in [1.29, 1.82) is 0 Å². The molecule has 4 heterocycles. The van der Waals surface area contributed by atoms with E-state index in [9.17, 15) is 9.18 Å². The summed E-state index contributed by atoms with van der Waals surface area (Å²) in [5.41, 5.74) is 4.94. The van der Waals surface area contributed by atoms with Crippen LogP contribution in [0.2, 0.25) is 0 Å². The van der Waals surface area contributed by atoms with E-state index in [1.165, 1.54) is 24.6 Å². The van der Waals surface area contributed by atoms with E-state index in [2.05, 4.69) is 24.1 Å². The number of hydrogen-bond acceptors (Lipinski definition) is 6. The van der Waals surface area contributed by atoms with E-state index in [1.807, 2.05) is 50.2 Å². The monoisotopic (exact) mass is 484 g/mol. The van der Waals surface area contributed by atoms with Crippen LogP contribution in [-0.4, -0.2) is 51.4 Å². The fraction of sp³-hybridized carbons (Fsp3) is 0.440. The molecule has 0 unspecified atom stereocenters. The molecule has 1 N–H and O–H groups in total. The van der Waals surface area contributed by atoms with Gasteiger partial charge in [0.05, 0.1) is 24.3 Å². The first-order valence-corrected chi connectivity index (χ1v) is 12.5. The smallest absolute Gasteiger partial charge is 0.166 e. The lowest BCUT2D eigenvalue weighted by molar-refractivity contribution is 0.111. The first-order valence-electron chi connectivity index (χ1n) is 11.7. The number of nitrogens with zero attached hydrogens (tertiary/aromatic N) is 5. The quantitative estimate of drug-likeness (QED) is 0.422. The third-order valence-corrected chi connectivity index (χ3v) is 7.68. The number of rotatable bonds is 6. The standard InChI is InChI=1S/C13H16N4OS.C12H17FN2/c1-10-13(5-11(8-18)15(10)2)19-17-4-3-16-9-14-6-12(16)7-17;1-14-9-10-11(13)5-4-6-12(10)15-7-2-3-8-15/h5-6,8-9H,3-4,7H2,1-2H3;4-6,14H,2-3,7-9H2,1H3. The van der Waals surface area contributed by atoms with Gasteiger partial charge in [0.2, 0.25) is 0 Å². The Morgan fingerprint density at radius 2 is 2.00 bits per heavy atom. The number of imidazole rings is 1. The molecule has 34 heavy (non-hydrogen) atoms. The highest BCUT2D eigenvalue weighted by Gasteiger charge is 2.19. The van der Waals surface area contributed by atoms with E-state index in [1.54, 1.807) is 18.0 Å². The van der Waals surface area contributed by atoms with Crippen LogP contribution in [0.5, 0.6) is 0 Å². The first-order chi connectivity index (χ1) is 16.5. The molecule has 7 nitrogen and oxygen atoms in total. The van der Waals surface area contributed by atoms with Crippen molar-refractivity contribution in [3.8, 4) is 0 Å². The summed E-state index contributed by atoms with van der Waals surface area (Å²) >= 11 is 1.72. The number of benzene rings is 1. The molecule has 0 atom stereocenters. The maximum Gasteiger partial charge on any atom is 0.166 e. The summed E-state index contributed by atoms with van der Waals surface area (Å²) in [4.78, 5) is 18.6. The summed E-state index contributed by atoms with van der Waals surface area (Å²) in [5, 5.41) is 3.02. The van der Waals surface area contributed by atoms with Crippen LogP contribution >= 0.6 is 11.9 Å². The largest absolute Gasteiger partial charge is 0.371 e. The van der Waals surface area contributed by atoms with Gasteiger partial charge < -0.3 is 19.4 Å². The minimum atomic E-state index is -0.103. The van der Waals surface area contributed by atoms with E-state index in [0.29, 0.717) is 6.54 Å². The molecule has 1 fully saturated rings. The summed E-state index contributed by atoms with van der Waals surface area (Å²) in [6, 6.07) is 7.30. The summed E-state index contributed by atoms with van der Waals surface area (Å²) in [7, 11) is 3.77. The van der Waals surface area contributed by atoms with Crippen molar-refractivity contribution in [2.45, 2.75) is 44.3 Å². The van der Waals surface area contributed by atoms with Gasteiger partial charge in [0.15, 0.2) is 6.29 Å². The van der Waals surface area contributed by atoms with Crippen LogP contribution in [0, 0.1) is 12.7 Å². The number of halogens is 1. The lowest BCUT2D eigenvalue weighted by Crippen LogP contribution is -2.27. The highest BCUT2D eigenvalue weighted by atomic mass is 32.2. The fourth-order valence-corrected chi connectivity index (χ4v) is 5.52. The van der Waals surface area contributed by atoms with Crippen molar-refractivity contribution < 1.29 is 9.18 Å². The summed E-state index contributed by atoms with van der Waals surface area (Å²) in [6.07, 6.45) is 7.14. The van der Waals surface area contributed by atoms with E-state index < -0.39 is 0 Å². The Bertz CT molecular complexity index is 1120. The number of carbonyl (C=O) groups excluding carboxylic acids is 1. The van der Waals surface area contributed by atoms with Gasteiger partial charge in [-0.25, -0.2) is 13.7 Å². The lowest BCUT2D eigenvalue weighted by atomic mass is 10.1. The molecule has 182 valence electrons. The topological polar surface area (TPSA) is 58.3 Å². The van der Waals surface area contributed by atoms with Gasteiger partial charge in [-0.2, -0.15) is 0 Å². The van der Waals surface area contributed by atoms with Crippen LogP contribution in [0.3, 0.4) is 0 Å². The predicted octanol–water partition coefficient (Wildman–Crippen LogP) is 4.01. The minimum absolute atomic E-state index is 0.103. The van der Waals surface area contributed by atoms with E-state index >= 15 is 0 Å². The fourth-order valence-electron chi connectivity index (χ4n) is 4.43.